The highest BCUT2D eigenvalue weighted by Crippen LogP contribution is 2.51. The van der Waals surface area contributed by atoms with Crippen LogP contribution in [0, 0.1) is 24.1 Å². The molecule has 19 heavy (non-hydrogen) atoms. The first-order chi connectivity index (χ1) is 8.94. The molecule has 1 aromatic carbocycles. The van der Waals surface area contributed by atoms with Gasteiger partial charge in [-0.2, -0.15) is 0 Å². The molecule has 0 radical (unpaired) electrons. The zero-order valence-corrected chi connectivity index (χ0v) is 12.2. The van der Waals surface area contributed by atoms with Gasteiger partial charge in [-0.25, -0.2) is 4.39 Å². The highest BCUT2D eigenvalue weighted by molar-refractivity contribution is 5.27. The lowest BCUT2D eigenvalue weighted by molar-refractivity contribution is 0.0111. The molecule has 0 aliphatic heterocycles. The first kappa shape index (κ1) is 14.5. The van der Waals surface area contributed by atoms with E-state index in [9.17, 15) is 9.50 Å². The number of aliphatic hydroxyl groups excluding tert-OH is 1. The lowest BCUT2D eigenvalue weighted by Gasteiger charge is -2.36. The van der Waals surface area contributed by atoms with Crippen molar-refractivity contribution in [2.75, 3.05) is 0 Å². The average Bonchev–Trinajstić information content (AvgIpc) is 2.80. The Bertz CT molecular complexity index is 433. The standard InChI is InChI=1S/C17H25FO/c1-12(2)11-17(8-4-5-9-17)16(19)14-6-7-15(18)13(3)10-14/h6-7,10,12,16,19H,4-5,8-9,11H2,1-3H3. The molecule has 2 heteroatoms. The van der Waals surface area contributed by atoms with E-state index in [-0.39, 0.29) is 11.2 Å². The first-order valence-corrected chi connectivity index (χ1v) is 7.39. The van der Waals surface area contributed by atoms with Crippen LogP contribution in [0.4, 0.5) is 4.39 Å². The number of halogens is 1. The molecular formula is C17H25FO. The Morgan fingerprint density at radius 1 is 1.26 bits per heavy atom. The van der Waals surface area contributed by atoms with E-state index in [2.05, 4.69) is 13.8 Å². The molecule has 0 saturated heterocycles. The van der Waals surface area contributed by atoms with Crippen LogP contribution in [0.25, 0.3) is 0 Å². The van der Waals surface area contributed by atoms with Crippen LogP contribution >= 0.6 is 0 Å². The van der Waals surface area contributed by atoms with Crippen molar-refractivity contribution in [1.82, 2.24) is 0 Å². The van der Waals surface area contributed by atoms with E-state index < -0.39 is 6.10 Å². The number of aryl methyl sites for hydroxylation is 1. The summed E-state index contributed by atoms with van der Waals surface area (Å²) in [6, 6.07) is 5.03. The van der Waals surface area contributed by atoms with Crippen LogP contribution in [0.2, 0.25) is 0 Å². The zero-order chi connectivity index (χ0) is 14.0. The van der Waals surface area contributed by atoms with Gasteiger partial charge in [-0.1, -0.05) is 38.8 Å². The van der Waals surface area contributed by atoms with Crippen molar-refractivity contribution in [2.45, 2.75) is 59.0 Å². The van der Waals surface area contributed by atoms with Gasteiger partial charge in [-0.05, 0) is 49.3 Å². The Labute approximate surface area is 115 Å². The van der Waals surface area contributed by atoms with E-state index in [0.29, 0.717) is 11.5 Å². The lowest BCUT2D eigenvalue weighted by Crippen LogP contribution is -2.27. The fourth-order valence-electron chi connectivity index (χ4n) is 3.67. The number of benzene rings is 1. The molecule has 0 aromatic heterocycles. The van der Waals surface area contributed by atoms with Crippen molar-refractivity contribution in [3.63, 3.8) is 0 Å². The van der Waals surface area contributed by atoms with Gasteiger partial charge < -0.3 is 5.11 Å². The van der Waals surface area contributed by atoms with Gasteiger partial charge in [-0.15, -0.1) is 0 Å². The third-order valence-corrected chi connectivity index (χ3v) is 4.49. The summed E-state index contributed by atoms with van der Waals surface area (Å²) in [6.45, 7) is 6.18. The number of hydrogen-bond donors (Lipinski definition) is 1. The maximum atomic E-state index is 13.4. The Balaban J connectivity index is 2.28. The van der Waals surface area contributed by atoms with Crippen molar-refractivity contribution < 1.29 is 9.50 Å². The Morgan fingerprint density at radius 2 is 1.89 bits per heavy atom. The molecule has 0 amide bonds. The highest BCUT2D eigenvalue weighted by Gasteiger charge is 2.41. The molecule has 1 atom stereocenters. The third-order valence-electron chi connectivity index (χ3n) is 4.49. The van der Waals surface area contributed by atoms with Crippen molar-refractivity contribution >= 4 is 0 Å². The van der Waals surface area contributed by atoms with Crippen LogP contribution in [0.5, 0.6) is 0 Å². The number of aliphatic hydroxyl groups is 1. The third kappa shape index (κ3) is 3.00. The van der Waals surface area contributed by atoms with Crippen LogP contribution in [-0.4, -0.2) is 5.11 Å². The van der Waals surface area contributed by atoms with Crippen LogP contribution in [0.1, 0.15) is 63.2 Å². The minimum absolute atomic E-state index is 0.00155. The fraction of sp³-hybridized carbons (Fsp3) is 0.647. The number of rotatable bonds is 4. The van der Waals surface area contributed by atoms with Gasteiger partial charge in [0.05, 0.1) is 6.10 Å². The molecule has 106 valence electrons. The molecule has 1 aliphatic carbocycles. The first-order valence-electron chi connectivity index (χ1n) is 7.39. The molecule has 1 nitrogen and oxygen atoms in total. The Morgan fingerprint density at radius 3 is 2.42 bits per heavy atom. The molecule has 1 unspecified atom stereocenters. The summed E-state index contributed by atoms with van der Waals surface area (Å²) in [6.07, 6.45) is 5.15. The Hall–Kier alpha value is -0.890. The van der Waals surface area contributed by atoms with Crippen LogP contribution in [-0.2, 0) is 0 Å². The van der Waals surface area contributed by atoms with Gasteiger partial charge in [0, 0.05) is 5.41 Å². The maximum Gasteiger partial charge on any atom is 0.126 e. The molecule has 1 fully saturated rings. The maximum absolute atomic E-state index is 13.4. The van der Waals surface area contributed by atoms with E-state index in [4.69, 9.17) is 0 Å². The van der Waals surface area contributed by atoms with Crippen molar-refractivity contribution in [3.05, 3.63) is 35.1 Å². The molecular weight excluding hydrogens is 239 g/mol. The summed E-state index contributed by atoms with van der Waals surface area (Å²) in [5.74, 6) is 0.384. The number of hydrogen-bond acceptors (Lipinski definition) is 1. The molecule has 1 saturated carbocycles. The molecule has 1 N–H and O–H groups in total. The van der Waals surface area contributed by atoms with Gasteiger partial charge in [-0.3, -0.25) is 0 Å². The normalized spacial score (nSPS) is 19.9. The van der Waals surface area contributed by atoms with Crippen molar-refractivity contribution in [1.29, 1.82) is 0 Å². The highest BCUT2D eigenvalue weighted by atomic mass is 19.1. The van der Waals surface area contributed by atoms with E-state index in [1.54, 1.807) is 19.1 Å². The van der Waals surface area contributed by atoms with Gasteiger partial charge in [0.25, 0.3) is 0 Å². The van der Waals surface area contributed by atoms with Gasteiger partial charge in [0.15, 0.2) is 0 Å². The predicted octanol–water partition coefficient (Wildman–Crippen LogP) is 4.77. The lowest BCUT2D eigenvalue weighted by atomic mass is 9.72. The van der Waals surface area contributed by atoms with Crippen LogP contribution in [0.3, 0.4) is 0 Å². The predicted molar refractivity (Wildman–Crippen MR) is 76.5 cm³/mol. The second kappa shape index (κ2) is 5.62. The molecule has 1 aliphatic rings. The quantitative estimate of drug-likeness (QED) is 0.830. The largest absolute Gasteiger partial charge is 0.388 e. The average molecular weight is 264 g/mol. The van der Waals surface area contributed by atoms with Gasteiger partial charge >= 0.3 is 0 Å². The topological polar surface area (TPSA) is 20.2 Å². The van der Waals surface area contributed by atoms with E-state index in [0.717, 1.165) is 24.8 Å². The molecule has 0 spiro atoms. The summed E-state index contributed by atoms with van der Waals surface area (Å²) in [7, 11) is 0. The van der Waals surface area contributed by atoms with Crippen molar-refractivity contribution in [2.24, 2.45) is 11.3 Å². The van der Waals surface area contributed by atoms with E-state index in [1.807, 2.05) is 0 Å². The second-order valence-electron chi connectivity index (χ2n) is 6.58. The monoisotopic (exact) mass is 264 g/mol. The summed E-state index contributed by atoms with van der Waals surface area (Å²) >= 11 is 0. The Kier molecular flexibility index (Phi) is 4.29. The smallest absolute Gasteiger partial charge is 0.126 e. The summed E-state index contributed by atoms with van der Waals surface area (Å²) < 4.78 is 13.4. The fourth-order valence-corrected chi connectivity index (χ4v) is 3.67. The van der Waals surface area contributed by atoms with Crippen LogP contribution in [0.15, 0.2) is 18.2 Å². The van der Waals surface area contributed by atoms with Crippen LogP contribution < -0.4 is 0 Å². The zero-order valence-electron chi connectivity index (χ0n) is 12.2. The summed E-state index contributed by atoms with van der Waals surface area (Å²) in [5, 5.41) is 10.8. The molecule has 1 aromatic rings. The molecule has 0 heterocycles. The summed E-state index contributed by atoms with van der Waals surface area (Å²) in [5.41, 5.74) is 1.49. The SMILES string of the molecule is Cc1cc(C(O)C2(CC(C)C)CCCC2)ccc1F. The minimum atomic E-state index is -0.461. The van der Waals surface area contributed by atoms with E-state index >= 15 is 0 Å². The molecule has 0 bridgehead atoms. The summed E-state index contributed by atoms with van der Waals surface area (Å²) in [4.78, 5) is 0. The van der Waals surface area contributed by atoms with Gasteiger partial charge in [0.2, 0.25) is 0 Å². The van der Waals surface area contributed by atoms with Gasteiger partial charge in [0.1, 0.15) is 5.82 Å². The van der Waals surface area contributed by atoms with Crippen molar-refractivity contribution in [3.8, 4) is 0 Å². The second-order valence-corrected chi connectivity index (χ2v) is 6.58. The van der Waals surface area contributed by atoms with E-state index in [1.165, 1.54) is 18.9 Å². The molecule has 2 rings (SSSR count). The minimum Gasteiger partial charge on any atom is -0.388 e.